The van der Waals surface area contributed by atoms with Gasteiger partial charge in [0.2, 0.25) is 0 Å². The average molecular weight is 410 g/mol. The molecule has 0 radical (unpaired) electrons. The zero-order valence-electron chi connectivity index (χ0n) is 16.4. The maximum atomic E-state index is 6.76. The van der Waals surface area contributed by atoms with Gasteiger partial charge in [0.05, 0.1) is 5.69 Å². The summed E-state index contributed by atoms with van der Waals surface area (Å²) in [6.07, 6.45) is 2.14. The van der Waals surface area contributed by atoms with Crippen molar-refractivity contribution >= 4 is 34.3 Å². The van der Waals surface area contributed by atoms with E-state index in [0.29, 0.717) is 0 Å². The fraction of sp³-hybridized carbons (Fsp3) is 0.0769. The number of para-hydroxylation sites is 2. The predicted molar refractivity (Wildman–Crippen MR) is 123 cm³/mol. The molecule has 30 heavy (non-hydrogen) atoms. The van der Waals surface area contributed by atoms with Gasteiger partial charge in [0.15, 0.2) is 5.76 Å². The minimum absolute atomic E-state index is 0.765. The maximum absolute atomic E-state index is 6.76. The van der Waals surface area contributed by atoms with E-state index >= 15 is 0 Å². The molecule has 0 fully saturated rings. The molecular weight excluding hydrogens is 390 g/mol. The highest BCUT2D eigenvalue weighted by Crippen LogP contribution is 2.56. The van der Waals surface area contributed by atoms with Crippen LogP contribution in [0.4, 0.5) is 5.69 Å². The van der Waals surface area contributed by atoms with Gasteiger partial charge in [-0.2, -0.15) is 0 Å². The first-order valence-corrected chi connectivity index (χ1v) is 10.7. The van der Waals surface area contributed by atoms with Crippen LogP contribution in [0.25, 0.3) is 16.8 Å². The molecule has 0 saturated carbocycles. The molecule has 1 spiro atoms. The molecule has 4 aromatic rings. The van der Waals surface area contributed by atoms with E-state index < -0.39 is 5.06 Å². The largest absolute Gasteiger partial charge is 0.454 e. The van der Waals surface area contributed by atoms with Gasteiger partial charge in [0.1, 0.15) is 11.5 Å². The number of hydrogen-bond acceptors (Lipinski definition) is 4. The molecule has 4 aromatic carbocycles. The van der Waals surface area contributed by atoms with Gasteiger partial charge in [-0.15, -0.1) is 0 Å². The monoisotopic (exact) mass is 409 g/mol. The summed E-state index contributed by atoms with van der Waals surface area (Å²) in [5.41, 5.74) is 2.18. The average Bonchev–Trinajstić information content (AvgIpc) is 3.07. The van der Waals surface area contributed by atoms with Crippen molar-refractivity contribution in [2.24, 2.45) is 0 Å². The molecule has 0 aromatic heterocycles. The van der Waals surface area contributed by atoms with E-state index in [1.807, 2.05) is 30.3 Å². The first-order chi connectivity index (χ1) is 14.7. The first-order valence-electron chi connectivity index (χ1n) is 9.92. The Labute approximate surface area is 179 Å². The van der Waals surface area contributed by atoms with Gasteiger partial charge in [-0.1, -0.05) is 60.7 Å². The standard InChI is InChI=1S/C26H19NO2S/c1-27-22-13-7-8-14-24(22)30-26(27)25(28-19-10-3-2-4-11-19)17-21-20-12-6-5-9-18(20)15-16-23(21)29-26/h2-17H,1H3. The molecule has 2 aliphatic rings. The number of rotatable bonds is 2. The number of likely N-dealkylation sites (N-methyl/N-ethyl adjacent to an activating group) is 1. The number of benzene rings is 4. The summed E-state index contributed by atoms with van der Waals surface area (Å²) in [5.74, 6) is 2.42. The van der Waals surface area contributed by atoms with Gasteiger partial charge in [-0.25, -0.2) is 0 Å². The van der Waals surface area contributed by atoms with Crippen molar-refractivity contribution in [3.63, 3.8) is 0 Å². The van der Waals surface area contributed by atoms with E-state index in [9.17, 15) is 0 Å². The first kappa shape index (κ1) is 17.5. The van der Waals surface area contributed by atoms with E-state index in [0.717, 1.165) is 33.9 Å². The molecule has 0 saturated heterocycles. The second-order valence-corrected chi connectivity index (χ2v) is 8.63. The Balaban J connectivity index is 1.56. The van der Waals surface area contributed by atoms with E-state index in [1.54, 1.807) is 11.8 Å². The molecule has 0 amide bonds. The highest BCUT2D eigenvalue weighted by molar-refractivity contribution is 8.01. The Morgan fingerprint density at radius 1 is 0.833 bits per heavy atom. The molecule has 1 atom stereocenters. The number of ether oxygens (including phenoxy) is 2. The summed E-state index contributed by atoms with van der Waals surface area (Å²) in [6, 6.07) is 30.8. The summed E-state index contributed by atoms with van der Waals surface area (Å²) in [5, 5.41) is 1.54. The number of thioether (sulfide) groups is 1. The number of hydrogen-bond donors (Lipinski definition) is 0. The van der Waals surface area contributed by atoms with Crippen LogP contribution in [0, 0.1) is 0 Å². The Morgan fingerprint density at radius 2 is 1.60 bits per heavy atom. The van der Waals surface area contributed by atoms with Gasteiger partial charge in [0, 0.05) is 17.5 Å². The van der Waals surface area contributed by atoms with Crippen molar-refractivity contribution in [2.45, 2.75) is 9.95 Å². The highest BCUT2D eigenvalue weighted by atomic mass is 32.2. The third-order valence-electron chi connectivity index (χ3n) is 5.65. The summed E-state index contributed by atoms with van der Waals surface area (Å²) < 4.78 is 13.2. The van der Waals surface area contributed by atoms with Gasteiger partial charge >= 0.3 is 0 Å². The normalized spacial score (nSPS) is 19.2. The molecule has 0 aliphatic carbocycles. The van der Waals surface area contributed by atoms with Gasteiger partial charge < -0.3 is 14.4 Å². The Morgan fingerprint density at radius 3 is 2.47 bits per heavy atom. The Bertz CT molecular complexity index is 1300. The van der Waals surface area contributed by atoms with Crippen molar-refractivity contribution in [1.29, 1.82) is 0 Å². The van der Waals surface area contributed by atoms with Crippen LogP contribution in [-0.2, 0) is 0 Å². The van der Waals surface area contributed by atoms with E-state index in [-0.39, 0.29) is 0 Å². The molecule has 0 bridgehead atoms. The van der Waals surface area contributed by atoms with Crippen LogP contribution < -0.4 is 14.4 Å². The van der Waals surface area contributed by atoms with Crippen molar-refractivity contribution in [2.75, 3.05) is 11.9 Å². The Kier molecular flexibility index (Phi) is 3.83. The van der Waals surface area contributed by atoms with Crippen molar-refractivity contribution in [3.8, 4) is 11.5 Å². The SMILES string of the molecule is CN1c2ccccc2SC12Oc1ccc3ccccc3c1C=C2Oc1ccccc1. The van der Waals surface area contributed by atoms with Crippen molar-refractivity contribution < 1.29 is 9.47 Å². The van der Waals surface area contributed by atoms with Crippen LogP contribution in [0.2, 0.25) is 0 Å². The van der Waals surface area contributed by atoms with Crippen LogP contribution in [0.1, 0.15) is 5.56 Å². The molecular formula is C26H19NO2S. The highest BCUT2D eigenvalue weighted by Gasteiger charge is 2.52. The topological polar surface area (TPSA) is 21.7 Å². The van der Waals surface area contributed by atoms with E-state index in [4.69, 9.17) is 9.47 Å². The molecule has 0 N–H and O–H groups in total. The van der Waals surface area contributed by atoms with Crippen LogP contribution in [0.3, 0.4) is 0 Å². The summed E-state index contributed by atoms with van der Waals surface area (Å²) in [7, 11) is 2.06. The van der Waals surface area contributed by atoms with E-state index in [2.05, 4.69) is 78.7 Å². The quantitative estimate of drug-likeness (QED) is 0.374. The molecule has 1 unspecified atom stereocenters. The molecule has 2 aliphatic heterocycles. The lowest BCUT2D eigenvalue weighted by molar-refractivity contribution is 0.153. The lowest BCUT2D eigenvalue weighted by Gasteiger charge is -2.40. The third kappa shape index (κ3) is 2.54. The molecule has 3 nitrogen and oxygen atoms in total. The fourth-order valence-corrected chi connectivity index (χ4v) is 5.47. The number of anilines is 1. The summed E-state index contributed by atoms with van der Waals surface area (Å²) in [6.45, 7) is 0. The molecule has 6 rings (SSSR count). The molecule has 2 heterocycles. The minimum Gasteiger partial charge on any atom is -0.454 e. The predicted octanol–water partition coefficient (Wildman–Crippen LogP) is 6.55. The number of nitrogens with zero attached hydrogens (tertiary/aromatic N) is 1. The summed E-state index contributed by atoms with van der Waals surface area (Å²) >= 11 is 1.67. The van der Waals surface area contributed by atoms with Crippen molar-refractivity contribution in [1.82, 2.24) is 0 Å². The summed E-state index contributed by atoms with van der Waals surface area (Å²) in [4.78, 5) is 3.34. The van der Waals surface area contributed by atoms with Crippen LogP contribution in [-0.4, -0.2) is 12.1 Å². The van der Waals surface area contributed by atoms with Crippen LogP contribution in [0.15, 0.2) is 102 Å². The zero-order chi connectivity index (χ0) is 20.1. The fourth-order valence-electron chi connectivity index (χ4n) is 4.15. The van der Waals surface area contributed by atoms with Gasteiger partial charge in [-0.3, -0.25) is 0 Å². The molecule has 4 heteroatoms. The zero-order valence-corrected chi connectivity index (χ0v) is 17.2. The lowest BCUT2D eigenvalue weighted by atomic mass is 10.0. The van der Waals surface area contributed by atoms with Crippen LogP contribution >= 0.6 is 11.8 Å². The third-order valence-corrected chi connectivity index (χ3v) is 7.05. The lowest BCUT2D eigenvalue weighted by Crippen LogP contribution is -2.50. The van der Waals surface area contributed by atoms with Gasteiger partial charge in [-0.05, 0) is 58.9 Å². The Hall–Kier alpha value is -3.37. The smallest absolute Gasteiger partial charge is 0.295 e. The number of fused-ring (bicyclic) bond motifs is 4. The second kappa shape index (κ2) is 6.57. The minimum atomic E-state index is -0.797. The van der Waals surface area contributed by atoms with Gasteiger partial charge in [0.25, 0.3) is 5.06 Å². The van der Waals surface area contributed by atoms with E-state index in [1.165, 1.54) is 10.3 Å². The van der Waals surface area contributed by atoms with Crippen LogP contribution in [0.5, 0.6) is 11.5 Å². The molecule has 146 valence electrons. The second-order valence-electron chi connectivity index (χ2n) is 7.43. The maximum Gasteiger partial charge on any atom is 0.295 e. The van der Waals surface area contributed by atoms with Crippen molar-refractivity contribution in [3.05, 3.63) is 102 Å².